The van der Waals surface area contributed by atoms with E-state index in [1.165, 1.54) is 6.20 Å². The van der Waals surface area contributed by atoms with E-state index in [1.807, 2.05) is 0 Å². The second-order valence-electron chi connectivity index (χ2n) is 4.64. The first-order valence-corrected chi connectivity index (χ1v) is 11.6. The Morgan fingerprint density at radius 1 is 0.960 bits per heavy atom. The molecular weight excluding hydrogens is 390 g/mol. The maximum Gasteiger partial charge on any atom is 0.365 e. The highest BCUT2D eigenvalue weighted by Crippen LogP contribution is 2.70. The summed E-state index contributed by atoms with van der Waals surface area (Å²) in [6, 6.07) is 3.15. The maximum absolute atomic E-state index is 13.3. The zero-order valence-electron chi connectivity index (χ0n) is 14.8. The summed E-state index contributed by atoms with van der Waals surface area (Å²) in [6.45, 7) is 7.08. The molecule has 0 atom stereocenters. The van der Waals surface area contributed by atoms with E-state index in [9.17, 15) is 9.13 Å². The first-order valence-electron chi connectivity index (χ1n) is 8.00. The van der Waals surface area contributed by atoms with Crippen molar-refractivity contribution in [1.82, 2.24) is 4.98 Å². The predicted molar refractivity (Wildman–Crippen MR) is 98.4 cm³/mol. The minimum atomic E-state index is -3.87. The number of aromatic nitrogens is 1. The second kappa shape index (κ2) is 10.6. The third kappa shape index (κ3) is 6.33. The highest BCUT2D eigenvalue weighted by atomic mass is 35.5. The van der Waals surface area contributed by atoms with Gasteiger partial charge in [-0.3, -0.25) is 9.13 Å². The molecule has 0 bridgehead atoms. The monoisotopic (exact) mass is 414 g/mol. The number of halogens is 1. The fourth-order valence-corrected chi connectivity index (χ4v) is 7.08. The number of hydrogen-bond donors (Lipinski definition) is 1. The Bertz CT molecular complexity index is 566. The van der Waals surface area contributed by atoms with Crippen LogP contribution in [0.15, 0.2) is 18.3 Å². The molecule has 0 aliphatic heterocycles. The van der Waals surface area contributed by atoms with E-state index in [1.54, 1.807) is 39.8 Å². The van der Waals surface area contributed by atoms with Gasteiger partial charge in [0.05, 0.1) is 38.3 Å². The van der Waals surface area contributed by atoms with Crippen molar-refractivity contribution in [2.45, 2.75) is 33.2 Å². The number of nitrogens with zero attached hydrogens (tertiary/aromatic N) is 1. The molecule has 1 rings (SSSR count). The molecule has 11 heteroatoms. The molecule has 0 amide bonds. The van der Waals surface area contributed by atoms with Crippen LogP contribution in [-0.4, -0.2) is 36.9 Å². The van der Waals surface area contributed by atoms with Crippen LogP contribution < -0.4 is 5.32 Å². The maximum atomic E-state index is 13.3. The molecule has 0 saturated heterocycles. The van der Waals surface area contributed by atoms with Crippen molar-refractivity contribution < 1.29 is 27.2 Å². The molecule has 25 heavy (non-hydrogen) atoms. The summed E-state index contributed by atoms with van der Waals surface area (Å²) in [5, 5.41) is 3.17. The minimum Gasteiger partial charge on any atom is -0.360 e. The average molecular weight is 415 g/mol. The smallest absolute Gasteiger partial charge is 0.360 e. The Hall–Kier alpha value is -0.460. The van der Waals surface area contributed by atoms with Crippen LogP contribution in [0.2, 0.25) is 5.15 Å². The number of hydrogen-bond acceptors (Lipinski definition) is 8. The molecule has 8 nitrogen and oxygen atoms in total. The van der Waals surface area contributed by atoms with Gasteiger partial charge in [0, 0.05) is 0 Å². The molecule has 0 saturated carbocycles. The first-order chi connectivity index (χ1) is 11.8. The normalized spacial score (nSPS) is 12.6. The molecule has 0 spiro atoms. The number of nitrogens with one attached hydrogen (secondary N) is 1. The van der Waals surface area contributed by atoms with Crippen molar-refractivity contribution in [3.05, 3.63) is 23.5 Å². The first kappa shape index (κ1) is 22.6. The van der Waals surface area contributed by atoms with Crippen molar-refractivity contribution >= 4 is 32.5 Å². The molecule has 1 N–H and O–H groups in total. The van der Waals surface area contributed by atoms with Gasteiger partial charge in [-0.2, -0.15) is 0 Å². The zero-order valence-corrected chi connectivity index (χ0v) is 17.4. The summed E-state index contributed by atoms with van der Waals surface area (Å²) >= 11 is 5.78. The van der Waals surface area contributed by atoms with Crippen LogP contribution in [0.5, 0.6) is 0 Å². The van der Waals surface area contributed by atoms with E-state index in [-0.39, 0.29) is 31.6 Å². The van der Waals surface area contributed by atoms with Gasteiger partial charge in [-0.05, 0) is 39.8 Å². The van der Waals surface area contributed by atoms with E-state index in [0.29, 0.717) is 5.69 Å². The SMILES string of the molecule is CCOP(=O)(OCC)C(Nc1ccc(Cl)nc1)P(=O)(OCC)OCC. The van der Waals surface area contributed by atoms with Crippen molar-refractivity contribution in [2.75, 3.05) is 31.7 Å². The Balaban J connectivity index is 3.34. The lowest BCUT2D eigenvalue weighted by Crippen LogP contribution is -2.25. The van der Waals surface area contributed by atoms with E-state index in [0.717, 1.165) is 0 Å². The Morgan fingerprint density at radius 3 is 1.72 bits per heavy atom. The zero-order chi connectivity index (χ0) is 18.9. The number of pyridine rings is 1. The molecule has 0 unspecified atom stereocenters. The van der Waals surface area contributed by atoms with Crippen LogP contribution in [-0.2, 0) is 27.2 Å². The minimum absolute atomic E-state index is 0.104. The van der Waals surface area contributed by atoms with Gasteiger partial charge in [-0.1, -0.05) is 11.6 Å². The molecule has 0 aromatic carbocycles. The summed E-state index contributed by atoms with van der Waals surface area (Å²) in [5.74, 6) is 0. The summed E-state index contributed by atoms with van der Waals surface area (Å²) in [5.41, 5.74) is -0.920. The van der Waals surface area contributed by atoms with E-state index in [2.05, 4.69) is 10.3 Å². The molecule has 1 heterocycles. The Kier molecular flexibility index (Phi) is 9.60. The predicted octanol–water partition coefficient (Wildman–Crippen LogP) is 4.96. The lowest BCUT2D eigenvalue weighted by molar-refractivity contribution is 0.198. The van der Waals surface area contributed by atoms with Crippen LogP contribution in [0, 0.1) is 0 Å². The number of rotatable bonds is 12. The summed E-state index contributed by atoms with van der Waals surface area (Å²) < 4.78 is 48.0. The molecular formula is C14H25ClN2O6P2. The molecule has 1 aromatic rings. The fraction of sp³-hybridized carbons (Fsp3) is 0.643. The molecule has 0 aliphatic rings. The highest BCUT2D eigenvalue weighted by molar-refractivity contribution is 7.72. The van der Waals surface area contributed by atoms with Crippen LogP contribution in [0.1, 0.15) is 27.7 Å². The van der Waals surface area contributed by atoms with Gasteiger partial charge in [0.25, 0.3) is 0 Å². The molecule has 0 aliphatic carbocycles. The van der Waals surface area contributed by atoms with Gasteiger partial charge in [0.1, 0.15) is 5.15 Å². The van der Waals surface area contributed by atoms with E-state index in [4.69, 9.17) is 29.7 Å². The van der Waals surface area contributed by atoms with Crippen LogP contribution >= 0.6 is 26.8 Å². The third-order valence-electron chi connectivity index (χ3n) is 2.86. The lowest BCUT2D eigenvalue weighted by Gasteiger charge is -2.32. The molecule has 0 radical (unpaired) electrons. The second-order valence-corrected chi connectivity index (χ2v) is 9.66. The van der Waals surface area contributed by atoms with Crippen molar-refractivity contribution in [1.29, 1.82) is 0 Å². The largest absolute Gasteiger partial charge is 0.365 e. The van der Waals surface area contributed by atoms with Crippen molar-refractivity contribution in [2.24, 2.45) is 0 Å². The quantitative estimate of drug-likeness (QED) is 0.378. The van der Waals surface area contributed by atoms with Gasteiger partial charge in [0.15, 0.2) is 0 Å². The lowest BCUT2D eigenvalue weighted by atomic mass is 10.4. The summed E-state index contributed by atoms with van der Waals surface area (Å²) in [6.07, 6.45) is 1.42. The summed E-state index contributed by atoms with van der Waals surface area (Å²) in [7, 11) is -7.75. The average Bonchev–Trinajstić information content (AvgIpc) is 2.55. The summed E-state index contributed by atoms with van der Waals surface area (Å²) in [4.78, 5) is 3.94. The topological polar surface area (TPSA) is 96.0 Å². The Morgan fingerprint density at radius 2 is 1.40 bits per heavy atom. The molecule has 144 valence electrons. The number of anilines is 1. The fourth-order valence-electron chi connectivity index (χ4n) is 2.02. The van der Waals surface area contributed by atoms with Crippen LogP contribution in [0.3, 0.4) is 0 Å². The van der Waals surface area contributed by atoms with E-state index >= 15 is 0 Å². The van der Waals surface area contributed by atoms with Gasteiger partial charge in [-0.25, -0.2) is 4.98 Å². The van der Waals surface area contributed by atoms with Crippen LogP contribution in [0.25, 0.3) is 0 Å². The Labute approximate surface area is 153 Å². The molecule has 1 aromatic heterocycles. The van der Waals surface area contributed by atoms with Gasteiger partial charge >= 0.3 is 15.2 Å². The highest BCUT2D eigenvalue weighted by Gasteiger charge is 2.51. The van der Waals surface area contributed by atoms with Crippen molar-refractivity contribution in [3.63, 3.8) is 0 Å². The molecule has 0 fully saturated rings. The standard InChI is InChI=1S/C14H25ClN2O6P2/c1-5-20-24(18,21-6-2)14(25(19,22-7-3)23-8-4)17-12-9-10-13(15)16-11-12/h9-11,14,17H,5-8H2,1-4H3. The van der Waals surface area contributed by atoms with Crippen LogP contribution in [0.4, 0.5) is 5.69 Å². The third-order valence-corrected chi connectivity index (χ3v) is 8.71. The van der Waals surface area contributed by atoms with Gasteiger partial charge in [0.2, 0.25) is 5.52 Å². The van der Waals surface area contributed by atoms with Crippen molar-refractivity contribution in [3.8, 4) is 0 Å². The van der Waals surface area contributed by atoms with Gasteiger partial charge in [-0.15, -0.1) is 0 Å². The van der Waals surface area contributed by atoms with E-state index < -0.39 is 20.7 Å². The van der Waals surface area contributed by atoms with Gasteiger partial charge < -0.3 is 23.4 Å².